The Kier molecular flexibility index (Phi) is 6.47. The van der Waals surface area contributed by atoms with Crippen molar-refractivity contribution in [3.8, 4) is 0 Å². The first-order valence-corrected chi connectivity index (χ1v) is 9.25. The molecular formula is C23H21N3O3. The molecule has 0 heterocycles. The molecule has 0 spiro atoms. The molecule has 3 aromatic rings. The van der Waals surface area contributed by atoms with E-state index in [1.165, 1.54) is 17.8 Å². The van der Waals surface area contributed by atoms with E-state index in [4.69, 9.17) is 0 Å². The number of hydrogen-bond acceptors (Lipinski definition) is 4. The number of nitrogens with one attached hydrogen (secondary N) is 1. The third kappa shape index (κ3) is 5.35. The van der Waals surface area contributed by atoms with Crippen molar-refractivity contribution in [2.45, 2.75) is 19.8 Å². The molecule has 0 aliphatic rings. The third-order valence-electron chi connectivity index (χ3n) is 4.60. The lowest BCUT2D eigenvalue weighted by atomic mass is 9.99. The molecule has 6 nitrogen and oxygen atoms in total. The Morgan fingerprint density at radius 1 is 1.03 bits per heavy atom. The maximum atomic E-state index is 12.6. The van der Waals surface area contributed by atoms with E-state index in [0.717, 1.165) is 18.4 Å². The van der Waals surface area contributed by atoms with Crippen LogP contribution in [0.15, 0.2) is 77.9 Å². The predicted octanol–water partition coefficient (Wildman–Crippen LogP) is 4.45. The van der Waals surface area contributed by atoms with E-state index in [2.05, 4.69) is 22.7 Å². The van der Waals surface area contributed by atoms with Gasteiger partial charge in [0.05, 0.1) is 11.1 Å². The first kappa shape index (κ1) is 19.9. The number of carbonyl (C=O) groups excluding carboxylic acids is 1. The Labute approximate surface area is 169 Å². The topological polar surface area (TPSA) is 84.6 Å². The lowest BCUT2D eigenvalue weighted by Gasteiger charge is -2.08. The van der Waals surface area contributed by atoms with Crippen molar-refractivity contribution in [3.63, 3.8) is 0 Å². The highest BCUT2D eigenvalue weighted by Crippen LogP contribution is 2.18. The van der Waals surface area contributed by atoms with E-state index in [1.807, 2.05) is 36.4 Å². The molecule has 6 heteroatoms. The van der Waals surface area contributed by atoms with E-state index >= 15 is 0 Å². The molecule has 0 atom stereocenters. The highest BCUT2D eigenvalue weighted by molar-refractivity contribution is 5.96. The number of carbonyl (C=O) groups is 1. The average Bonchev–Trinajstić information content (AvgIpc) is 2.74. The van der Waals surface area contributed by atoms with Gasteiger partial charge in [-0.25, -0.2) is 5.43 Å². The molecule has 0 aliphatic heterocycles. The zero-order valence-corrected chi connectivity index (χ0v) is 16.0. The predicted molar refractivity (Wildman–Crippen MR) is 113 cm³/mol. The summed E-state index contributed by atoms with van der Waals surface area (Å²) >= 11 is 0. The van der Waals surface area contributed by atoms with Crippen molar-refractivity contribution >= 4 is 17.8 Å². The zero-order chi connectivity index (χ0) is 20.6. The summed E-state index contributed by atoms with van der Waals surface area (Å²) in [5.41, 5.74) is 6.36. The number of aryl methyl sites for hydroxylation is 3. The zero-order valence-electron chi connectivity index (χ0n) is 16.0. The molecular weight excluding hydrogens is 366 g/mol. The van der Waals surface area contributed by atoms with Crippen LogP contribution in [0.25, 0.3) is 0 Å². The van der Waals surface area contributed by atoms with Crippen LogP contribution in [0.2, 0.25) is 0 Å². The van der Waals surface area contributed by atoms with Gasteiger partial charge < -0.3 is 0 Å². The van der Waals surface area contributed by atoms with Gasteiger partial charge in [-0.05, 0) is 37.0 Å². The Balaban J connectivity index is 1.67. The fraction of sp³-hybridized carbons (Fsp3) is 0.130. The fourth-order valence-corrected chi connectivity index (χ4v) is 3.01. The maximum Gasteiger partial charge on any atom is 0.272 e. The third-order valence-corrected chi connectivity index (χ3v) is 4.60. The number of nitro groups is 1. The van der Waals surface area contributed by atoms with Gasteiger partial charge in [0.25, 0.3) is 11.6 Å². The molecule has 0 aromatic heterocycles. The van der Waals surface area contributed by atoms with E-state index < -0.39 is 4.92 Å². The molecule has 0 aliphatic carbocycles. The lowest BCUT2D eigenvalue weighted by molar-refractivity contribution is -0.385. The van der Waals surface area contributed by atoms with Crippen LogP contribution in [-0.2, 0) is 12.8 Å². The Hall–Kier alpha value is -3.80. The van der Waals surface area contributed by atoms with Crippen LogP contribution in [0.3, 0.4) is 0 Å². The van der Waals surface area contributed by atoms with Crippen molar-refractivity contribution in [2.75, 3.05) is 0 Å². The van der Waals surface area contributed by atoms with E-state index in [0.29, 0.717) is 16.7 Å². The Morgan fingerprint density at radius 3 is 2.52 bits per heavy atom. The van der Waals surface area contributed by atoms with Gasteiger partial charge in [-0.3, -0.25) is 14.9 Å². The van der Waals surface area contributed by atoms with Crippen LogP contribution in [0.1, 0.15) is 32.6 Å². The number of nitrogens with zero attached hydrogens (tertiary/aromatic N) is 2. The van der Waals surface area contributed by atoms with Crippen LogP contribution < -0.4 is 5.43 Å². The summed E-state index contributed by atoms with van der Waals surface area (Å²) in [7, 11) is 0. The van der Waals surface area contributed by atoms with Crippen molar-refractivity contribution in [1.29, 1.82) is 0 Å². The van der Waals surface area contributed by atoms with Crippen LogP contribution in [0.4, 0.5) is 5.69 Å². The van der Waals surface area contributed by atoms with Crippen LogP contribution >= 0.6 is 0 Å². The summed E-state index contributed by atoms with van der Waals surface area (Å²) in [6.45, 7) is 1.67. The van der Waals surface area contributed by atoms with Crippen molar-refractivity contribution in [3.05, 3.63) is 111 Å². The molecule has 0 bridgehead atoms. The van der Waals surface area contributed by atoms with E-state index in [9.17, 15) is 14.9 Å². The highest BCUT2D eigenvalue weighted by Gasteiger charge is 2.11. The number of rotatable bonds is 7. The summed E-state index contributed by atoms with van der Waals surface area (Å²) in [5, 5.41) is 15.0. The fourth-order valence-electron chi connectivity index (χ4n) is 3.01. The van der Waals surface area contributed by atoms with E-state index in [1.54, 1.807) is 25.1 Å². The SMILES string of the molecule is Cc1ccc(/C=N/NC(=O)c2ccccc2CCc2ccccc2)cc1[N+](=O)[O-]. The molecule has 146 valence electrons. The van der Waals surface area contributed by atoms with Crippen molar-refractivity contribution < 1.29 is 9.72 Å². The number of hydrogen-bond donors (Lipinski definition) is 1. The normalized spacial score (nSPS) is 10.8. The van der Waals surface area contributed by atoms with Gasteiger partial charge in [0.2, 0.25) is 0 Å². The van der Waals surface area contributed by atoms with Gasteiger partial charge in [-0.2, -0.15) is 5.10 Å². The lowest BCUT2D eigenvalue weighted by Crippen LogP contribution is -2.19. The minimum absolute atomic E-state index is 0.0199. The molecule has 1 amide bonds. The van der Waals surface area contributed by atoms with Crippen LogP contribution in [0.5, 0.6) is 0 Å². The summed E-state index contributed by atoms with van der Waals surface area (Å²) in [5.74, 6) is -0.313. The number of amides is 1. The summed E-state index contributed by atoms with van der Waals surface area (Å²) in [6.07, 6.45) is 2.97. The number of benzene rings is 3. The van der Waals surface area contributed by atoms with Gasteiger partial charge in [-0.15, -0.1) is 0 Å². The Bertz CT molecular complexity index is 1050. The van der Waals surface area contributed by atoms with Gasteiger partial charge in [0.1, 0.15) is 0 Å². The monoisotopic (exact) mass is 387 g/mol. The first-order valence-electron chi connectivity index (χ1n) is 9.25. The minimum atomic E-state index is -0.436. The second-order valence-electron chi connectivity index (χ2n) is 6.64. The summed E-state index contributed by atoms with van der Waals surface area (Å²) < 4.78 is 0. The molecule has 0 saturated carbocycles. The number of nitro benzene ring substituents is 1. The smallest absolute Gasteiger partial charge is 0.267 e. The second kappa shape index (κ2) is 9.41. The molecule has 1 N–H and O–H groups in total. The second-order valence-corrected chi connectivity index (χ2v) is 6.64. The summed E-state index contributed by atoms with van der Waals surface area (Å²) in [6, 6.07) is 22.3. The number of hydrazone groups is 1. The molecule has 3 aromatic carbocycles. The van der Waals surface area contributed by atoms with Gasteiger partial charge in [-0.1, -0.05) is 60.7 Å². The molecule has 0 radical (unpaired) electrons. The van der Waals surface area contributed by atoms with Gasteiger partial charge in [0.15, 0.2) is 0 Å². The highest BCUT2D eigenvalue weighted by atomic mass is 16.6. The van der Waals surface area contributed by atoms with Crippen molar-refractivity contribution in [2.24, 2.45) is 5.10 Å². The molecule has 0 fully saturated rings. The summed E-state index contributed by atoms with van der Waals surface area (Å²) in [4.78, 5) is 23.2. The molecule has 0 saturated heterocycles. The quantitative estimate of drug-likeness (QED) is 0.369. The molecule has 29 heavy (non-hydrogen) atoms. The van der Waals surface area contributed by atoms with Crippen LogP contribution in [-0.4, -0.2) is 17.0 Å². The maximum absolute atomic E-state index is 12.6. The van der Waals surface area contributed by atoms with Gasteiger partial charge >= 0.3 is 0 Å². The van der Waals surface area contributed by atoms with E-state index in [-0.39, 0.29) is 11.6 Å². The largest absolute Gasteiger partial charge is 0.272 e. The standard InChI is InChI=1S/C23H21N3O3/c1-17-11-12-19(15-22(17)26(28)29)16-24-25-23(27)21-10-6-5-9-20(21)14-13-18-7-3-2-4-8-18/h2-12,15-16H,13-14H2,1H3,(H,25,27)/b24-16+. The average molecular weight is 387 g/mol. The Morgan fingerprint density at radius 2 is 1.76 bits per heavy atom. The minimum Gasteiger partial charge on any atom is -0.267 e. The van der Waals surface area contributed by atoms with Crippen molar-refractivity contribution in [1.82, 2.24) is 5.43 Å². The molecule has 0 unspecified atom stereocenters. The molecule has 3 rings (SSSR count). The first-order chi connectivity index (χ1) is 14.0. The van der Waals surface area contributed by atoms with Crippen LogP contribution in [0, 0.1) is 17.0 Å². The van der Waals surface area contributed by atoms with Gasteiger partial charge in [0, 0.05) is 22.8 Å².